The van der Waals surface area contributed by atoms with E-state index in [1.54, 1.807) is 6.92 Å². The zero-order chi connectivity index (χ0) is 11.6. The smallest absolute Gasteiger partial charge is 0.189 e. The maximum Gasteiger partial charge on any atom is 0.189 e. The molecule has 7 heteroatoms. The summed E-state index contributed by atoms with van der Waals surface area (Å²) in [5.74, 6) is 0.135. The van der Waals surface area contributed by atoms with Crippen LogP contribution in [-0.4, -0.2) is 45.3 Å². The number of anilines is 1. The van der Waals surface area contributed by atoms with Crippen LogP contribution in [0.2, 0.25) is 0 Å². The van der Waals surface area contributed by atoms with Crippen molar-refractivity contribution in [2.24, 2.45) is 0 Å². The number of hydrogen-bond donors (Lipinski definition) is 1. The molecule has 5 nitrogen and oxygen atoms in total. The van der Waals surface area contributed by atoms with Gasteiger partial charge in [0.05, 0.1) is 11.9 Å². The van der Waals surface area contributed by atoms with Crippen LogP contribution in [0.3, 0.4) is 0 Å². The maximum absolute atomic E-state index is 11.6. The van der Waals surface area contributed by atoms with E-state index < -0.39 is 9.84 Å². The van der Waals surface area contributed by atoms with Crippen molar-refractivity contribution >= 4 is 26.3 Å². The van der Waals surface area contributed by atoms with E-state index in [-0.39, 0.29) is 5.75 Å². The van der Waals surface area contributed by atoms with Crippen LogP contribution in [-0.2, 0) is 9.84 Å². The molecule has 0 saturated carbocycles. The van der Waals surface area contributed by atoms with Gasteiger partial charge in [0.2, 0.25) is 0 Å². The Morgan fingerprint density at radius 1 is 1.50 bits per heavy atom. The van der Waals surface area contributed by atoms with E-state index in [9.17, 15) is 8.42 Å². The summed E-state index contributed by atoms with van der Waals surface area (Å²) in [6.07, 6.45) is 1.47. The lowest BCUT2D eigenvalue weighted by molar-refractivity contribution is 0.588. The standard InChI is InChI=1S/C9H15N3O2S2/c1-2-16(13,14)8-7-11-9(15-8)12-5-3-10-4-6-12/h7,10H,2-6H2,1H3. The highest BCUT2D eigenvalue weighted by molar-refractivity contribution is 7.93. The van der Waals surface area contributed by atoms with E-state index in [2.05, 4.69) is 15.2 Å². The van der Waals surface area contributed by atoms with Gasteiger partial charge >= 0.3 is 0 Å². The van der Waals surface area contributed by atoms with Crippen molar-refractivity contribution in [1.29, 1.82) is 0 Å². The Kier molecular flexibility index (Phi) is 3.46. The van der Waals surface area contributed by atoms with Crippen LogP contribution in [0.1, 0.15) is 6.92 Å². The van der Waals surface area contributed by atoms with Crippen LogP contribution in [0.5, 0.6) is 0 Å². The fourth-order valence-corrected chi connectivity index (χ4v) is 3.82. The van der Waals surface area contributed by atoms with E-state index in [1.165, 1.54) is 17.5 Å². The number of hydrogen-bond acceptors (Lipinski definition) is 6. The lowest BCUT2D eigenvalue weighted by atomic mass is 10.4. The lowest BCUT2D eigenvalue weighted by Gasteiger charge is -2.26. The molecule has 16 heavy (non-hydrogen) atoms. The molecule has 1 aliphatic rings. The molecule has 2 rings (SSSR count). The van der Waals surface area contributed by atoms with Crippen molar-refractivity contribution in [2.75, 3.05) is 36.8 Å². The highest BCUT2D eigenvalue weighted by atomic mass is 32.2. The zero-order valence-electron chi connectivity index (χ0n) is 9.14. The first kappa shape index (κ1) is 11.8. The molecular weight excluding hydrogens is 246 g/mol. The molecule has 0 amide bonds. The topological polar surface area (TPSA) is 62.3 Å². The van der Waals surface area contributed by atoms with E-state index in [0.717, 1.165) is 31.3 Å². The third kappa shape index (κ3) is 2.36. The average molecular weight is 261 g/mol. The van der Waals surface area contributed by atoms with Crippen molar-refractivity contribution in [3.05, 3.63) is 6.20 Å². The first-order chi connectivity index (χ1) is 7.63. The molecule has 90 valence electrons. The van der Waals surface area contributed by atoms with Gasteiger partial charge < -0.3 is 10.2 Å². The molecule has 0 aliphatic carbocycles. The van der Waals surface area contributed by atoms with E-state index in [4.69, 9.17) is 0 Å². The number of nitrogens with one attached hydrogen (secondary N) is 1. The summed E-state index contributed by atoms with van der Waals surface area (Å²) in [4.78, 5) is 6.31. The molecule has 0 radical (unpaired) electrons. The van der Waals surface area contributed by atoms with Crippen LogP contribution in [0.4, 0.5) is 5.13 Å². The van der Waals surface area contributed by atoms with Crippen LogP contribution < -0.4 is 10.2 Å². The summed E-state index contributed by atoms with van der Waals surface area (Å²) in [5, 5.41) is 4.06. The molecule has 1 N–H and O–H groups in total. The summed E-state index contributed by atoms with van der Waals surface area (Å²) in [6.45, 7) is 5.28. The van der Waals surface area contributed by atoms with Crippen molar-refractivity contribution in [3.63, 3.8) is 0 Å². The summed E-state index contributed by atoms with van der Waals surface area (Å²) in [5.41, 5.74) is 0. The van der Waals surface area contributed by atoms with Crippen LogP contribution in [0.25, 0.3) is 0 Å². The number of rotatable bonds is 3. The average Bonchev–Trinajstić information content (AvgIpc) is 2.80. The van der Waals surface area contributed by atoms with Crippen LogP contribution in [0.15, 0.2) is 10.4 Å². The molecule has 1 aromatic heterocycles. The Bertz CT molecular complexity index is 449. The predicted molar refractivity (Wildman–Crippen MR) is 64.9 cm³/mol. The Morgan fingerprint density at radius 3 is 2.81 bits per heavy atom. The summed E-state index contributed by atoms with van der Waals surface area (Å²) < 4.78 is 23.7. The largest absolute Gasteiger partial charge is 0.346 e. The van der Waals surface area contributed by atoms with Gasteiger partial charge in [-0.3, -0.25) is 0 Å². The monoisotopic (exact) mass is 261 g/mol. The Morgan fingerprint density at radius 2 is 2.19 bits per heavy atom. The third-order valence-corrected chi connectivity index (χ3v) is 5.89. The minimum atomic E-state index is -3.10. The van der Waals surface area contributed by atoms with Crippen LogP contribution in [0, 0.1) is 0 Å². The zero-order valence-corrected chi connectivity index (χ0v) is 10.8. The fraction of sp³-hybridized carbons (Fsp3) is 0.667. The highest BCUT2D eigenvalue weighted by Crippen LogP contribution is 2.26. The predicted octanol–water partition coefficient (Wildman–Crippen LogP) is 0.346. The number of sulfone groups is 1. The molecule has 1 saturated heterocycles. The second-order valence-corrected chi connectivity index (χ2v) is 7.12. The van der Waals surface area contributed by atoms with E-state index in [0.29, 0.717) is 4.21 Å². The fourth-order valence-electron chi connectivity index (χ4n) is 1.54. The molecule has 1 fully saturated rings. The van der Waals surface area contributed by atoms with Gasteiger partial charge in [0.15, 0.2) is 15.0 Å². The molecule has 2 heterocycles. The van der Waals surface area contributed by atoms with Crippen LogP contribution >= 0.6 is 11.3 Å². The Balaban J connectivity index is 2.19. The molecule has 0 spiro atoms. The van der Waals surface area contributed by atoms with Gasteiger partial charge in [-0.05, 0) is 0 Å². The van der Waals surface area contributed by atoms with Crippen molar-refractivity contribution in [2.45, 2.75) is 11.1 Å². The molecule has 1 aromatic rings. The molecule has 0 bridgehead atoms. The van der Waals surface area contributed by atoms with Gasteiger partial charge in [-0.2, -0.15) is 0 Å². The molecule has 0 atom stereocenters. The van der Waals surface area contributed by atoms with E-state index >= 15 is 0 Å². The first-order valence-corrected chi connectivity index (χ1v) is 7.74. The first-order valence-electron chi connectivity index (χ1n) is 5.28. The summed E-state index contributed by atoms with van der Waals surface area (Å²) in [6, 6.07) is 0. The molecule has 0 unspecified atom stereocenters. The Labute approximate surface area is 99.4 Å². The number of thiazole rings is 1. The summed E-state index contributed by atoms with van der Waals surface area (Å²) in [7, 11) is -3.10. The number of aromatic nitrogens is 1. The lowest BCUT2D eigenvalue weighted by Crippen LogP contribution is -2.43. The quantitative estimate of drug-likeness (QED) is 0.850. The van der Waals surface area contributed by atoms with Gasteiger partial charge in [-0.1, -0.05) is 18.3 Å². The minimum Gasteiger partial charge on any atom is -0.346 e. The number of piperazine rings is 1. The van der Waals surface area contributed by atoms with Gasteiger partial charge in [-0.25, -0.2) is 13.4 Å². The maximum atomic E-state index is 11.6. The van der Waals surface area contributed by atoms with Gasteiger partial charge in [0.25, 0.3) is 0 Å². The normalized spacial score (nSPS) is 17.7. The number of nitrogens with zero attached hydrogens (tertiary/aromatic N) is 2. The SMILES string of the molecule is CCS(=O)(=O)c1cnc(N2CCNCC2)s1. The van der Waals surface area contributed by atoms with Crippen molar-refractivity contribution < 1.29 is 8.42 Å². The highest BCUT2D eigenvalue weighted by Gasteiger charge is 2.19. The second kappa shape index (κ2) is 4.68. The molecule has 1 aliphatic heterocycles. The third-order valence-electron chi connectivity index (χ3n) is 2.55. The van der Waals surface area contributed by atoms with Gasteiger partial charge in [0, 0.05) is 26.2 Å². The second-order valence-electron chi connectivity index (χ2n) is 3.60. The van der Waals surface area contributed by atoms with E-state index in [1.807, 2.05) is 0 Å². The Hall–Kier alpha value is -0.660. The van der Waals surface area contributed by atoms with Gasteiger partial charge in [0.1, 0.15) is 4.21 Å². The van der Waals surface area contributed by atoms with Crippen molar-refractivity contribution in [3.8, 4) is 0 Å². The molecular formula is C9H15N3O2S2. The molecule has 0 aromatic carbocycles. The summed E-state index contributed by atoms with van der Waals surface area (Å²) >= 11 is 1.27. The van der Waals surface area contributed by atoms with Gasteiger partial charge in [-0.15, -0.1) is 0 Å². The van der Waals surface area contributed by atoms with Crippen molar-refractivity contribution in [1.82, 2.24) is 10.3 Å². The minimum absolute atomic E-state index is 0.135.